The van der Waals surface area contributed by atoms with Crippen LogP contribution < -0.4 is 9.88 Å². The molecule has 0 unspecified atom stereocenters. The van der Waals surface area contributed by atoms with E-state index in [0.29, 0.717) is 0 Å². The standard InChI is InChI=1S/C32H37N2/c1-2-3-22-33-23-14-7-15-24-34-31(28-18-10-5-11-19-28)25-30(27-16-8-4-9-17-27)26-32(34)29-20-12-6-13-21-29/h4-6,8-13,16-21,25-26,33H,2-3,7,14-15,22-24H2,1H3/q+1. The summed E-state index contributed by atoms with van der Waals surface area (Å²) in [5, 5.41) is 3.58. The smallest absolute Gasteiger partial charge is 0.213 e. The maximum absolute atomic E-state index is 3.58. The van der Waals surface area contributed by atoms with Gasteiger partial charge in [-0.05, 0) is 67.7 Å². The van der Waals surface area contributed by atoms with Crippen LogP contribution in [0.5, 0.6) is 0 Å². The molecule has 0 aliphatic heterocycles. The topological polar surface area (TPSA) is 15.9 Å². The highest BCUT2D eigenvalue weighted by Crippen LogP contribution is 2.29. The summed E-state index contributed by atoms with van der Waals surface area (Å²) in [5.74, 6) is 0. The van der Waals surface area contributed by atoms with E-state index in [4.69, 9.17) is 0 Å². The monoisotopic (exact) mass is 449 g/mol. The van der Waals surface area contributed by atoms with E-state index in [2.05, 4.69) is 120 Å². The molecule has 174 valence electrons. The lowest BCUT2D eigenvalue weighted by atomic mass is 9.98. The minimum atomic E-state index is 1.01. The number of nitrogens with one attached hydrogen (secondary N) is 1. The van der Waals surface area contributed by atoms with E-state index in [1.807, 2.05) is 0 Å². The van der Waals surface area contributed by atoms with E-state index in [-0.39, 0.29) is 0 Å². The maximum Gasteiger partial charge on any atom is 0.213 e. The summed E-state index contributed by atoms with van der Waals surface area (Å²) in [5.41, 5.74) is 7.60. The molecule has 2 nitrogen and oxygen atoms in total. The van der Waals surface area contributed by atoms with Gasteiger partial charge in [0.05, 0.1) is 0 Å². The molecule has 2 heteroatoms. The number of benzene rings is 3. The first kappa shape index (κ1) is 23.9. The van der Waals surface area contributed by atoms with Gasteiger partial charge in [0, 0.05) is 29.7 Å². The first-order chi connectivity index (χ1) is 16.9. The minimum Gasteiger partial charge on any atom is -0.317 e. The lowest BCUT2D eigenvalue weighted by molar-refractivity contribution is -0.675. The van der Waals surface area contributed by atoms with Gasteiger partial charge in [0.2, 0.25) is 11.4 Å². The molecule has 0 fully saturated rings. The molecule has 1 N–H and O–H groups in total. The van der Waals surface area contributed by atoms with Crippen LogP contribution in [0.4, 0.5) is 0 Å². The van der Waals surface area contributed by atoms with Crippen molar-refractivity contribution in [3.63, 3.8) is 0 Å². The van der Waals surface area contributed by atoms with Crippen molar-refractivity contribution in [2.24, 2.45) is 0 Å². The molecule has 34 heavy (non-hydrogen) atoms. The summed E-state index contributed by atoms with van der Waals surface area (Å²) in [7, 11) is 0. The molecule has 0 saturated carbocycles. The summed E-state index contributed by atoms with van der Waals surface area (Å²) in [6.45, 7) is 5.52. The van der Waals surface area contributed by atoms with Gasteiger partial charge in [-0.2, -0.15) is 4.57 Å². The lowest BCUT2D eigenvalue weighted by Crippen LogP contribution is -2.39. The van der Waals surface area contributed by atoms with E-state index in [1.54, 1.807) is 0 Å². The number of hydrogen-bond donors (Lipinski definition) is 1. The Morgan fingerprint density at radius 3 is 1.56 bits per heavy atom. The molecule has 0 spiro atoms. The predicted octanol–water partition coefficient (Wildman–Crippen LogP) is 7.54. The van der Waals surface area contributed by atoms with E-state index in [1.165, 1.54) is 65.7 Å². The van der Waals surface area contributed by atoms with E-state index >= 15 is 0 Å². The molecule has 0 atom stereocenters. The summed E-state index contributed by atoms with van der Waals surface area (Å²) >= 11 is 0. The third kappa shape index (κ3) is 6.42. The first-order valence-corrected chi connectivity index (χ1v) is 12.8. The number of unbranched alkanes of at least 4 members (excludes halogenated alkanes) is 3. The Kier molecular flexibility index (Phi) is 9.05. The average Bonchev–Trinajstić information content (AvgIpc) is 2.91. The number of nitrogens with zero attached hydrogens (tertiary/aromatic N) is 1. The molecule has 0 amide bonds. The quantitative estimate of drug-likeness (QED) is 0.174. The van der Waals surface area contributed by atoms with Gasteiger partial charge in [0.25, 0.3) is 0 Å². The molecule has 4 aromatic rings. The number of aromatic nitrogens is 1. The van der Waals surface area contributed by atoms with Crippen LogP contribution >= 0.6 is 0 Å². The van der Waals surface area contributed by atoms with Gasteiger partial charge >= 0.3 is 0 Å². The molecule has 0 saturated heterocycles. The second-order valence-corrected chi connectivity index (χ2v) is 8.93. The Hall–Kier alpha value is -3.23. The summed E-state index contributed by atoms with van der Waals surface area (Å²) in [6, 6.07) is 37.1. The van der Waals surface area contributed by atoms with Crippen LogP contribution in [-0.4, -0.2) is 13.1 Å². The SMILES string of the molecule is CCCCNCCCCC[n+]1c(-c2ccccc2)cc(-c2ccccc2)cc1-c1ccccc1. The second kappa shape index (κ2) is 12.9. The Bertz CT molecular complexity index is 1060. The molecule has 0 radical (unpaired) electrons. The highest BCUT2D eigenvalue weighted by Gasteiger charge is 2.22. The summed E-state index contributed by atoms with van der Waals surface area (Å²) < 4.78 is 2.53. The summed E-state index contributed by atoms with van der Waals surface area (Å²) in [4.78, 5) is 0. The van der Waals surface area contributed by atoms with Gasteiger partial charge < -0.3 is 5.32 Å². The van der Waals surface area contributed by atoms with Gasteiger partial charge in [0.1, 0.15) is 6.54 Å². The van der Waals surface area contributed by atoms with Crippen molar-refractivity contribution in [3.8, 4) is 33.6 Å². The number of rotatable bonds is 12. The Morgan fingerprint density at radius 2 is 1.03 bits per heavy atom. The number of pyridine rings is 1. The first-order valence-electron chi connectivity index (χ1n) is 12.8. The molecule has 1 heterocycles. The third-order valence-electron chi connectivity index (χ3n) is 6.35. The zero-order valence-corrected chi connectivity index (χ0v) is 20.4. The van der Waals surface area contributed by atoms with Gasteiger partial charge in [-0.3, -0.25) is 0 Å². The van der Waals surface area contributed by atoms with Crippen molar-refractivity contribution in [1.29, 1.82) is 0 Å². The highest BCUT2D eigenvalue weighted by molar-refractivity contribution is 5.73. The van der Waals surface area contributed by atoms with Crippen LogP contribution in [0, 0.1) is 0 Å². The van der Waals surface area contributed by atoms with E-state index in [0.717, 1.165) is 19.6 Å². The molecule has 0 aliphatic rings. The molecule has 4 rings (SSSR count). The van der Waals surface area contributed by atoms with E-state index < -0.39 is 0 Å². The van der Waals surface area contributed by atoms with Crippen molar-refractivity contribution >= 4 is 0 Å². The van der Waals surface area contributed by atoms with Crippen LogP contribution in [0.2, 0.25) is 0 Å². The molecule has 1 aromatic heterocycles. The van der Waals surface area contributed by atoms with Crippen molar-refractivity contribution in [2.45, 2.75) is 45.6 Å². The van der Waals surface area contributed by atoms with Crippen molar-refractivity contribution in [3.05, 3.63) is 103 Å². The largest absolute Gasteiger partial charge is 0.317 e. The van der Waals surface area contributed by atoms with Gasteiger partial charge in [-0.1, -0.05) is 80.1 Å². The third-order valence-corrected chi connectivity index (χ3v) is 6.35. The fraction of sp³-hybridized carbons (Fsp3) is 0.281. The maximum atomic E-state index is 3.58. The molecule has 0 aliphatic carbocycles. The van der Waals surface area contributed by atoms with Gasteiger partial charge in [-0.25, -0.2) is 0 Å². The van der Waals surface area contributed by atoms with Crippen LogP contribution in [-0.2, 0) is 6.54 Å². The van der Waals surface area contributed by atoms with Crippen LogP contribution in [0.3, 0.4) is 0 Å². The van der Waals surface area contributed by atoms with Gasteiger partial charge in [-0.15, -0.1) is 0 Å². The molecular weight excluding hydrogens is 412 g/mol. The highest BCUT2D eigenvalue weighted by atomic mass is 15.0. The minimum absolute atomic E-state index is 1.01. The Labute approximate surface area is 205 Å². The number of hydrogen-bond acceptors (Lipinski definition) is 1. The Balaban J connectivity index is 1.67. The van der Waals surface area contributed by atoms with Crippen molar-refractivity contribution in [1.82, 2.24) is 5.32 Å². The normalized spacial score (nSPS) is 11.0. The fourth-order valence-corrected chi connectivity index (χ4v) is 4.48. The lowest BCUT2D eigenvalue weighted by Gasteiger charge is -2.13. The fourth-order valence-electron chi connectivity index (χ4n) is 4.48. The van der Waals surface area contributed by atoms with Crippen molar-refractivity contribution < 1.29 is 4.57 Å². The van der Waals surface area contributed by atoms with Gasteiger partial charge in [0.15, 0.2) is 0 Å². The Morgan fingerprint density at radius 1 is 0.529 bits per heavy atom. The second-order valence-electron chi connectivity index (χ2n) is 8.93. The van der Waals surface area contributed by atoms with Crippen molar-refractivity contribution in [2.75, 3.05) is 13.1 Å². The molecular formula is C32H37N2+. The zero-order valence-electron chi connectivity index (χ0n) is 20.4. The predicted molar refractivity (Wildman–Crippen MR) is 145 cm³/mol. The van der Waals surface area contributed by atoms with E-state index in [9.17, 15) is 0 Å². The van der Waals surface area contributed by atoms with Crippen LogP contribution in [0.25, 0.3) is 33.6 Å². The zero-order chi connectivity index (χ0) is 23.4. The molecule has 3 aromatic carbocycles. The van der Waals surface area contributed by atoms with Crippen LogP contribution in [0.15, 0.2) is 103 Å². The summed E-state index contributed by atoms with van der Waals surface area (Å²) in [6.07, 6.45) is 6.16. The average molecular weight is 450 g/mol. The molecule has 0 bridgehead atoms. The van der Waals surface area contributed by atoms with Crippen LogP contribution in [0.1, 0.15) is 39.0 Å².